The molecule has 28 heavy (non-hydrogen) atoms. The van der Waals surface area contributed by atoms with Gasteiger partial charge in [0.15, 0.2) is 0 Å². The highest BCUT2D eigenvalue weighted by molar-refractivity contribution is 5.97. The van der Waals surface area contributed by atoms with Crippen molar-refractivity contribution >= 4 is 16.8 Å². The maximum Gasteiger partial charge on any atom is 0.253 e. The number of amides is 1. The second-order valence-corrected chi connectivity index (χ2v) is 7.70. The van der Waals surface area contributed by atoms with Crippen molar-refractivity contribution in [1.82, 2.24) is 10.3 Å². The summed E-state index contributed by atoms with van der Waals surface area (Å²) in [6.07, 6.45) is 7.72. The summed E-state index contributed by atoms with van der Waals surface area (Å²) < 4.78 is 0. The standard InChI is InChI=1S/C24H23N3O/c25-16-19-8-6-7-18(13-19)15-24(11-4-1-5-12-24)27-23(28)21-14-20-9-2-3-10-22(20)26-17-21/h2-3,6-10,13-14,17H,1,4-5,11-12,15H2,(H,27,28). The molecule has 1 saturated carbocycles. The van der Waals surface area contributed by atoms with Gasteiger partial charge in [0.05, 0.1) is 22.7 Å². The fraction of sp³-hybridized carbons (Fsp3) is 0.292. The number of benzene rings is 2. The number of carbonyl (C=O) groups excluding carboxylic acids is 1. The van der Waals surface area contributed by atoms with Crippen LogP contribution in [0.25, 0.3) is 10.9 Å². The molecule has 0 bridgehead atoms. The van der Waals surface area contributed by atoms with E-state index in [4.69, 9.17) is 0 Å². The molecule has 1 amide bonds. The Kier molecular flexibility index (Phi) is 5.08. The maximum absolute atomic E-state index is 13.1. The van der Waals surface area contributed by atoms with Crippen LogP contribution in [0.2, 0.25) is 0 Å². The summed E-state index contributed by atoms with van der Waals surface area (Å²) in [5.41, 5.74) is 2.97. The normalized spacial score (nSPS) is 15.7. The highest BCUT2D eigenvalue weighted by Crippen LogP contribution is 2.32. The van der Waals surface area contributed by atoms with Crippen LogP contribution in [0.15, 0.2) is 60.8 Å². The van der Waals surface area contributed by atoms with E-state index in [1.807, 2.05) is 54.6 Å². The van der Waals surface area contributed by atoms with Crippen molar-refractivity contribution in [1.29, 1.82) is 5.26 Å². The third-order valence-electron chi connectivity index (χ3n) is 5.64. The van der Waals surface area contributed by atoms with E-state index in [0.29, 0.717) is 11.1 Å². The molecule has 4 nitrogen and oxygen atoms in total. The molecule has 1 N–H and O–H groups in total. The zero-order valence-corrected chi connectivity index (χ0v) is 15.8. The average Bonchev–Trinajstić information content (AvgIpc) is 2.74. The van der Waals surface area contributed by atoms with E-state index in [-0.39, 0.29) is 11.4 Å². The first kappa shape index (κ1) is 18.2. The summed E-state index contributed by atoms with van der Waals surface area (Å²) in [4.78, 5) is 17.5. The Bertz CT molecular complexity index is 1040. The zero-order chi connectivity index (χ0) is 19.4. The first-order valence-electron chi connectivity index (χ1n) is 9.84. The third-order valence-corrected chi connectivity index (χ3v) is 5.64. The number of hydrogen-bond acceptors (Lipinski definition) is 3. The predicted molar refractivity (Wildman–Crippen MR) is 110 cm³/mol. The minimum absolute atomic E-state index is 0.0726. The number of hydrogen-bond donors (Lipinski definition) is 1. The van der Waals surface area contributed by atoms with E-state index in [0.717, 1.165) is 48.6 Å². The Morgan fingerprint density at radius 1 is 1.07 bits per heavy atom. The van der Waals surface area contributed by atoms with Crippen LogP contribution in [0.4, 0.5) is 0 Å². The van der Waals surface area contributed by atoms with Crippen molar-refractivity contribution in [3.05, 3.63) is 77.5 Å². The van der Waals surface area contributed by atoms with Gasteiger partial charge in [-0.3, -0.25) is 9.78 Å². The van der Waals surface area contributed by atoms with Gasteiger partial charge in [-0.2, -0.15) is 5.26 Å². The van der Waals surface area contributed by atoms with Gasteiger partial charge in [-0.1, -0.05) is 49.6 Å². The topological polar surface area (TPSA) is 65.8 Å². The number of nitriles is 1. The van der Waals surface area contributed by atoms with Crippen LogP contribution >= 0.6 is 0 Å². The summed E-state index contributed by atoms with van der Waals surface area (Å²) in [6.45, 7) is 0. The van der Waals surface area contributed by atoms with Crippen LogP contribution in [0.5, 0.6) is 0 Å². The lowest BCUT2D eigenvalue weighted by molar-refractivity contribution is 0.0868. The van der Waals surface area contributed by atoms with Gasteiger partial charge in [0.25, 0.3) is 5.91 Å². The molecule has 140 valence electrons. The number of nitrogens with one attached hydrogen (secondary N) is 1. The fourth-order valence-corrected chi connectivity index (χ4v) is 4.22. The number of fused-ring (bicyclic) bond motifs is 1. The Hall–Kier alpha value is -3.19. The molecule has 4 rings (SSSR count). The molecule has 1 fully saturated rings. The van der Waals surface area contributed by atoms with Crippen LogP contribution in [0, 0.1) is 11.3 Å². The minimum atomic E-state index is -0.269. The molecular formula is C24H23N3O. The van der Waals surface area contributed by atoms with Gasteiger partial charge in [-0.15, -0.1) is 0 Å². The van der Waals surface area contributed by atoms with Crippen molar-refractivity contribution in [2.75, 3.05) is 0 Å². The average molecular weight is 369 g/mol. The van der Waals surface area contributed by atoms with Crippen molar-refractivity contribution in [2.24, 2.45) is 0 Å². The minimum Gasteiger partial charge on any atom is -0.346 e. The molecular weight excluding hydrogens is 346 g/mol. The lowest BCUT2D eigenvalue weighted by atomic mass is 9.77. The number of carbonyl (C=O) groups is 1. The van der Waals surface area contributed by atoms with Gasteiger partial charge in [-0.25, -0.2) is 0 Å². The van der Waals surface area contributed by atoms with Crippen LogP contribution in [-0.4, -0.2) is 16.4 Å². The molecule has 3 aromatic rings. The maximum atomic E-state index is 13.1. The number of aromatic nitrogens is 1. The zero-order valence-electron chi connectivity index (χ0n) is 15.8. The van der Waals surface area contributed by atoms with Crippen molar-refractivity contribution in [3.63, 3.8) is 0 Å². The van der Waals surface area contributed by atoms with Gasteiger partial charge in [0.2, 0.25) is 0 Å². The highest BCUT2D eigenvalue weighted by atomic mass is 16.1. The van der Waals surface area contributed by atoms with E-state index < -0.39 is 0 Å². The Balaban J connectivity index is 1.59. The first-order valence-corrected chi connectivity index (χ1v) is 9.84. The summed E-state index contributed by atoms with van der Waals surface area (Å²) in [5.74, 6) is -0.0726. The van der Waals surface area contributed by atoms with Gasteiger partial charge in [-0.05, 0) is 49.1 Å². The van der Waals surface area contributed by atoms with E-state index in [1.54, 1.807) is 6.20 Å². The highest BCUT2D eigenvalue weighted by Gasteiger charge is 2.34. The summed E-state index contributed by atoms with van der Waals surface area (Å²) >= 11 is 0. The quantitative estimate of drug-likeness (QED) is 0.719. The number of para-hydroxylation sites is 1. The molecule has 1 heterocycles. The van der Waals surface area contributed by atoms with Crippen molar-refractivity contribution in [3.8, 4) is 6.07 Å². The van der Waals surface area contributed by atoms with Crippen molar-refractivity contribution in [2.45, 2.75) is 44.1 Å². The predicted octanol–water partition coefficient (Wildman–Crippen LogP) is 4.78. The Morgan fingerprint density at radius 2 is 1.89 bits per heavy atom. The molecule has 2 aromatic carbocycles. The second-order valence-electron chi connectivity index (χ2n) is 7.70. The smallest absolute Gasteiger partial charge is 0.253 e. The number of nitrogens with zero attached hydrogens (tertiary/aromatic N) is 2. The van der Waals surface area contributed by atoms with Crippen LogP contribution in [0.3, 0.4) is 0 Å². The molecule has 1 aliphatic carbocycles. The van der Waals surface area contributed by atoms with Gasteiger partial charge >= 0.3 is 0 Å². The molecule has 1 aliphatic rings. The van der Waals surface area contributed by atoms with E-state index in [2.05, 4.69) is 16.4 Å². The molecule has 0 spiro atoms. The van der Waals surface area contributed by atoms with Gasteiger partial charge < -0.3 is 5.32 Å². The third kappa shape index (κ3) is 3.89. The van der Waals surface area contributed by atoms with Gasteiger partial charge in [0, 0.05) is 17.1 Å². The van der Waals surface area contributed by atoms with E-state index in [1.165, 1.54) is 6.42 Å². The fourth-order valence-electron chi connectivity index (χ4n) is 4.22. The second kappa shape index (κ2) is 7.82. The molecule has 0 saturated heterocycles. The largest absolute Gasteiger partial charge is 0.346 e. The van der Waals surface area contributed by atoms with Crippen molar-refractivity contribution < 1.29 is 4.79 Å². The first-order chi connectivity index (χ1) is 13.7. The number of pyridine rings is 1. The van der Waals surface area contributed by atoms with Gasteiger partial charge in [0.1, 0.15) is 0 Å². The number of rotatable bonds is 4. The Morgan fingerprint density at radius 3 is 2.71 bits per heavy atom. The summed E-state index contributed by atoms with van der Waals surface area (Å²) in [5, 5.41) is 13.5. The molecule has 0 unspecified atom stereocenters. The summed E-state index contributed by atoms with van der Waals surface area (Å²) in [7, 11) is 0. The van der Waals surface area contributed by atoms with E-state index in [9.17, 15) is 10.1 Å². The molecule has 0 radical (unpaired) electrons. The Labute approximate surface area is 165 Å². The summed E-state index contributed by atoms with van der Waals surface area (Å²) in [6, 6.07) is 19.6. The SMILES string of the molecule is N#Cc1cccc(CC2(NC(=O)c3cnc4ccccc4c3)CCCCC2)c1. The molecule has 1 aromatic heterocycles. The van der Waals surface area contributed by atoms with Crippen LogP contribution < -0.4 is 5.32 Å². The van der Waals surface area contributed by atoms with E-state index >= 15 is 0 Å². The lowest BCUT2D eigenvalue weighted by Gasteiger charge is -2.38. The molecule has 0 atom stereocenters. The molecule has 4 heteroatoms. The monoisotopic (exact) mass is 369 g/mol. The van der Waals surface area contributed by atoms with Crippen LogP contribution in [0.1, 0.15) is 53.6 Å². The molecule has 0 aliphatic heterocycles. The lowest BCUT2D eigenvalue weighted by Crippen LogP contribution is -2.51. The van der Waals surface area contributed by atoms with Crippen LogP contribution in [-0.2, 0) is 6.42 Å².